The Morgan fingerprint density at radius 2 is 2.04 bits per heavy atom. The van der Waals surface area contributed by atoms with Crippen LogP contribution in [0.25, 0.3) is 5.65 Å². The van der Waals surface area contributed by atoms with Gasteiger partial charge >= 0.3 is 0 Å². The van der Waals surface area contributed by atoms with Crippen molar-refractivity contribution in [2.45, 2.75) is 13.5 Å². The number of aryl methyl sites for hydroxylation is 1. The standard InChI is InChI=1S/C18H20N4O2/c1-14-17(22-10-4-3-5-16(22)20-14)18(23)21(11-12-24-2)13-15-6-8-19-9-7-15/h3-10H,11-13H2,1-2H3. The van der Waals surface area contributed by atoms with Crippen LogP contribution in [0.5, 0.6) is 0 Å². The van der Waals surface area contributed by atoms with E-state index in [1.807, 2.05) is 47.9 Å². The molecular weight excluding hydrogens is 304 g/mol. The molecule has 0 saturated carbocycles. The highest BCUT2D eigenvalue weighted by Gasteiger charge is 2.22. The van der Waals surface area contributed by atoms with E-state index in [1.54, 1.807) is 24.4 Å². The molecule has 0 N–H and O–H groups in total. The lowest BCUT2D eigenvalue weighted by Gasteiger charge is -2.22. The van der Waals surface area contributed by atoms with E-state index in [-0.39, 0.29) is 5.91 Å². The fraction of sp³-hybridized carbons (Fsp3) is 0.278. The molecule has 3 rings (SSSR count). The molecule has 0 aliphatic carbocycles. The van der Waals surface area contributed by atoms with E-state index in [0.29, 0.717) is 25.4 Å². The van der Waals surface area contributed by atoms with Gasteiger partial charge in [0.2, 0.25) is 0 Å². The first kappa shape index (κ1) is 16.1. The SMILES string of the molecule is COCCN(Cc1ccncc1)C(=O)c1c(C)nc2ccccn12. The summed E-state index contributed by atoms with van der Waals surface area (Å²) in [6.07, 6.45) is 5.32. The molecular formula is C18H20N4O2. The molecule has 3 aromatic rings. The van der Waals surface area contributed by atoms with E-state index in [2.05, 4.69) is 9.97 Å². The number of ether oxygens (including phenoxy) is 1. The molecule has 1 amide bonds. The fourth-order valence-electron chi connectivity index (χ4n) is 2.68. The van der Waals surface area contributed by atoms with E-state index in [4.69, 9.17) is 4.74 Å². The van der Waals surface area contributed by atoms with Gasteiger partial charge in [0.25, 0.3) is 5.91 Å². The van der Waals surface area contributed by atoms with Gasteiger partial charge in [0.05, 0.1) is 12.3 Å². The number of carbonyl (C=O) groups excluding carboxylic acids is 1. The Labute approximate surface area is 140 Å². The van der Waals surface area contributed by atoms with Crippen molar-refractivity contribution in [3.63, 3.8) is 0 Å². The lowest BCUT2D eigenvalue weighted by molar-refractivity contribution is 0.0672. The van der Waals surface area contributed by atoms with Crippen LogP contribution in [0, 0.1) is 6.92 Å². The Bertz CT molecular complexity index is 829. The van der Waals surface area contributed by atoms with Crippen molar-refractivity contribution in [2.24, 2.45) is 0 Å². The highest BCUT2D eigenvalue weighted by molar-refractivity contribution is 5.94. The predicted molar refractivity (Wildman–Crippen MR) is 90.8 cm³/mol. The number of nitrogens with zero attached hydrogens (tertiary/aromatic N) is 4. The van der Waals surface area contributed by atoms with E-state index < -0.39 is 0 Å². The monoisotopic (exact) mass is 324 g/mol. The zero-order valence-corrected chi connectivity index (χ0v) is 13.8. The molecule has 0 atom stereocenters. The summed E-state index contributed by atoms with van der Waals surface area (Å²) in [5.41, 5.74) is 3.12. The average Bonchev–Trinajstić information content (AvgIpc) is 2.94. The summed E-state index contributed by atoms with van der Waals surface area (Å²) in [7, 11) is 1.63. The number of rotatable bonds is 6. The number of aromatic nitrogens is 3. The van der Waals surface area contributed by atoms with Crippen LogP contribution in [0.1, 0.15) is 21.7 Å². The van der Waals surface area contributed by atoms with Crippen molar-refractivity contribution in [1.82, 2.24) is 19.3 Å². The Morgan fingerprint density at radius 3 is 2.79 bits per heavy atom. The number of hydrogen-bond acceptors (Lipinski definition) is 4. The second kappa shape index (κ2) is 7.23. The minimum absolute atomic E-state index is 0.0555. The topological polar surface area (TPSA) is 59.7 Å². The maximum Gasteiger partial charge on any atom is 0.273 e. The van der Waals surface area contributed by atoms with Gasteiger partial charge in [0.1, 0.15) is 11.3 Å². The lowest BCUT2D eigenvalue weighted by Crippen LogP contribution is -2.34. The molecule has 0 spiro atoms. The number of carbonyl (C=O) groups is 1. The molecule has 24 heavy (non-hydrogen) atoms. The van der Waals surface area contributed by atoms with Gasteiger partial charge in [-0.2, -0.15) is 0 Å². The van der Waals surface area contributed by atoms with Gasteiger partial charge in [-0.3, -0.25) is 14.2 Å². The Kier molecular flexibility index (Phi) is 4.86. The summed E-state index contributed by atoms with van der Waals surface area (Å²) in [5.74, 6) is -0.0555. The normalized spacial score (nSPS) is 10.9. The summed E-state index contributed by atoms with van der Waals surface area (Å²) < 4.78 is 7.00. The Balaban J connectivity index is 1.93. The summed E-state index contributed by atoms with van der Waals surface area (Å²) in [6.45, 7) is 3.36. The smallest absolute Gasteiger partial charge is 0.273 e. The number of amides is 1. The quantitative estimate of drug-likeness (QED) is 0.698. The molecule has 0 aliphatic heterocycles. The predicted octanol–water partition coefficient (Wildman–Crippen LogP) is 2.33. The summed E-state index contributed by atoms with van der Waals surface area (Å²) in [4.78, 5) is 23.4. The zero-order chi connectivity index (χ0) is 16.9. The van der Waals surface area contributed by atoms with Crippen LogP contribution in [-0.2, 0) is 11.3 Å². The summed E-state index contributed by atoms with van der Waals surface area (Å²) >= 11 is 0. The molecule has 3 aromatic heterocycles. The second-order valence-electron chi connectivity index (χ2n) is 5.55. The third kappa shape index (κ3) is 3.28. The van der Waals surface area contributed by atoms with Gasteiger partial charge in [-0.25, -0.2) is 4.98 Å². The highest BCUT2D eigenvalue weighted by Crippen LogP contribution is 2.16. The number of hydrogen-bond donors (Lipinski definition) is 0. The van der Waals surface area contributed by atoms with Gasteiger partial charge in [-0.1, -0.05) is 6.07 Å². The third-order valence-electron chi connectivity index (χ3n) is 3.88. The van der Waals surface area contributed by atoms with Crippen molar-refractivity contribution in [2.75, 3.05) is 20.3 Å². The highest BCUT2D eigenvalue weighted by atomic mass is 16.5. The molecule has 0 unspecified atom stereocenters. The lowest BCUT2D eigenvalue weighted by atomic mass is 10.2. The molecule has 6 heteroatoms. The van der Waals surface area contributed by atoms with Gasteiger partial charge < -0.3 is 9.64 Å². The Morgan fingerprint density at radius 1 is 1.25 bits per heavy atom. The molecule has 0 aromatic carbocycles. The fourth-order valence-corrected chi connectivity index (χ4v) is 2.68. The number of imidazole rings is 1. The van der Waals surface area contributed by atoms with Crippen LogP contribution in [0.2, 0.25) is 0 Å². The van der Waals surface area contributed by atoms with Gasteiger partial charge in [0, 0.05) is 38.8 Å². The molecule has 6 nitrogen and oxygen atoms in total. The first-order valence-corrected chi connectivity index (χ1v) is 7.81. The van der Waals surface area contributed by atoms with E-state index >= 15 is 0 Å². The maximum atomic E-state index is 13.1. The van der Waals surface area contributed by atoms with Crippen molar-refractivity contribution >= 4 is 11.6 Å². The second-order valence-corrected chi connectivity index (χ2v) is 5.55. The van der Waals surface area contributed by atoms with Gasteiger partial charge in [-0.15, -0.1) is 0 Å². The number of methoxy groups -OCH3 is 1. The molecule has 0 fully saturated rings. The molecule has 3 heterocycles. The molecule has 0 saturated heterocycles. The van der Waals surface area contributed by atoms with Gasteiger partial charge in [0.15, 0.2) is 0 Å². The first-order chi connectivity index (χ1) is 11.7. The maximum absolute atomic E-state index is 13.1. The first-order valence-electron chi connectivity index (χ1n) is 7.81. The van der Waals surface area contributed by atoms with Crippen molar-refractivity contribution in [3.05, 3.63) is 65.9 Å². The van der Waals surface area contributed by atoms with E-state index in [9.17, 15) is 4.79 Å². The van der Waals surface area contributed by atoms with E-state index in [0.717, 1.165) is 16.9 Å². The summed E-state index contributed by atoms with van der Waals surface area (Å²) in [5, 5.41) is 0. The van der Waals surface area contributed by atoms with Crippen molar-refractivity contribution in [3.8, 4) is 0 Å². The van der Waals surface area contributed by atoms with Crippen LogP contribution in [-0.4, -0.2) is 45.4 Å². The van der Waals surface area contributed by atoms with Gasteiger partial charge in [-0.05, 0) is 36.8 Å². The van der Waals surface area contributed by atoms with Crippen LogP contribution >= 0.6 is 0 Å². The van der Waals surface area contributed by atoms with Crippen LogP contribution in [0.15, 0.2) is 48.9 Å². The largest absolute Gasteiger partial charge is 0.383 e. The van der Waals surface area contributed by atoms with E-state index in [1.165, 1.54) is 0 Å². The molecule has 0 aliphatic rings. The van der Waals surface area contributed by atoms with Crippen molar-refractivity contribution < 1.29 is 9.53 Å². The molecule has 0 bridgehead atoms. The number of pyridine rings is 2. The summed E-state index contributed by atoms with van der Waals surface area (Å²) in [6, 6.07) is 9.53. The Hall–Kier alpha value is -2.73. The number of fused-ring (bicyclic) bond motifs is 1. The van der Waals surface area contributed by atoms with Crippen LogP contribution in [0.4, 0.5) is 0 Å². The average molecular weight is 324 g/mol. The minimum Gasteiger partial charge on any atom is -0.383 e. The zero-order valence-electron chi connectivity index (χ0n) is 13.8. The minimum atomic E-state index is -0.0555. The van der Waals surface area contributed by atoms with Crippen LogP contribution < -0.4 is 0 Å². The third-order valence-corrected chi connectivity index (χ3v) is 3.88. The molecule has 0 radical (unpaired) electrons. The van der Waals surface area contributed by atoms with Crippen LogP contribution in [0.3, 0.4) is 0 Å². The molecule has 124 valence electrons. The van der Waals surface area contributed by atoms with Crippen molar-refractivity contribution in [1.29, 1.82) is 0 Å².